The molecule has 1 N–H and O–H groups in total. The Bertz CT molecular complexity index is 523. The molecule has 1 aromatic heterocycles. The van der Waals surface area contributed by atoms with Crippen molar-refractivity contribution in [2.45, 2.75) is 13.5 Å². The van der Waals surface area contributed by atoms with Gasteiger partial charge in [-0.15, -0.1) is 0 Å². The van der Waals surface area contributed by atoms with Crippen molar-refractivity contribution in [3.63, 3.8) is 0 Å². The maximum absolute atomic E-state index is 11.3. The van der Waals surface area contributed by atoms with Gasteiger partial charge in [0.2, 0.25) is 0 Å². The number of aromatic nitrogens is 2. The molecule has 0 unspecified atom stereocenters. The first-order valence-electron chi connectivity index (χ1n) is 5.19. The van der Waals surface area contributed by atoms with Crippen molar-refractivity contribution in [1.82, 2.24) is 9.78 Å². The van der Waals surface area contributed by atoms with Gasteiger partial charge in [0, 0.05) is 18.2 Å². The van der Waals surface area contributed by atoms with Crippen LogP contribution in [0.15, 0.2) is 35.1 Å². The maximum Gasteiger partial charge on any atom is 0.264 e. The zero-order valence-electron chi connectivity index (χ0n) is 9.36. The molecule has 0 atom stereocenters. The predicted molar refractivity (Wildman–Crippen MR) is 62.7 cm³/mol. The number of aryl methyl sites for hydroxylation is 1. The number of methoxy groups -OCH3 is 1. The Labute approximate surface area is 93.5 Å². The molecule has 0 spiro atoms. The van der Waals surface area contributed by atoms with Crippen molar-refractivity contribution >= 4 is 0 Å². The summed E-state index contributed by atoms with van der Waals surface area (Å²) in [6.07, 6.45) is 0. The SMILES string of the molecule is CCn1[nH]c(=O)cc1-c1ccc(OC)cc1. The van der Waals surface area contributed by atoms with E-state index in [2.05, 4.69) is 5.10 Å². The van der Waals surface area contributed by atoms with E-state index >= 15 is 0 Å². The fourth-order valence-corrected chi connectivity index (χ4v) is 1.68. The van der Waals surface area contributed by atoms with Gasteiger partial charge in [-0.2, -0.15) is 0 Å². The molecule has 0 fully saturated rings. The topological polar surface area (TPSA) is 47.0 Å². The largest absolute Gasteiger partial charge is 0.497 e. The van der Waals surface area contributed by atoms with E-state index in [1.807, 2.05) is 35.9 Å². The Hall–Kier alpha value is -1.97. The molecule has 4 nitrogen and oxygen atoms in total. The van der Waals surface area contributed by atoms with Crippen LogP contribution in [0, 0.1) is 0 Å². The van der Waals surface area contributed by atoms with Gasteiger partial charge in [0.1, 0.15) is 5.75 Å². The van der Waals surface area contributed by atoms with Crippen molar-refractivity contribution in [3.8, 4) is 17.0 Å². The molecule has 0 aliphatic carbocycles. The molecule has 84 valence electrons. The monoisotopic (exact) mass is 218 g/mol. The molecule has 1 aromatic carbocycles. The number of nitrogens with zero attached hydrogens (tertiary/aromatic N) is 1. The number of hydrogen-bond acceptors (Lipinski definition) is 2. The van der Waals surface area contributed by atoms with Gasteiger partial charge in [-0.25, -0.2) is 0 Å². The minimum absolute atomic E-state index is 0.0762. The van der Waals surface area contributed by atoms with E-state index in [1.54, 1.807) is 13.2 Å². The van der Waals surface area contributed by atoms with E-state index in [0.717, 1.165) is 23.6 Å². The van der Waals surface area contributed by atoms with Crippen LogP contribution in [0.2, 0.25) is 0 Å². The summed E-state index contributed by atoms with van der Waals surface area (Å²) < 4.78 is 6.91. The Morgan fingerprint density at radius 2 is 2.00 bits per heavy atom. The summed E-state index contributed by atoms with van der Waals surface area (Å²) in [6.45, 7) is 2.73. The fraction of sp³-hybridized carbons (Fsp3) is 0.250. The molecule has 1 heterocycles. The number of ether oxygens (including phenoxy) is 1. The van der Waals surface area contributed by atoms with Crippen molar-refractivity contribution in [2.75, 3.05) is 7.11 Å². The quantitative estimate of drug-likeness (QED) is 0.854. The summed E-state index contributed by atoms with van der Waals surface area (Å²) in [5.41, 5.74) is 1.82. The number of nitrogens with one attached hydrogen (secondary N) is 1. The molecule has 0 aliphatic rings. The highest BCUT2D eigenvalue weighted by molar-refractivity contribution is 5.60. The molecule has 0 radical (unpaired) electrons. The Balaban J connectivity index is 2.45. The molecular weight excluding hydrogens is 204 g/mol. The normalized spacial score (nSPS) is 10.4. The number of rotatable bonds is 3. The van der Waals surface area contributed by atoms with Gasteiger partial charge in [-0.3, -0.25) is 14.6 Å². The van der Waals surface area contributed by atoms with Crippen LogP contribution in [-0.4, -0.2) is 16.9 Å². The van der Waals surface area contributed by atoms with Crippen LogP contribution in [0.1, 0.15) is 6.92 Å². The molecule has 0 bridgehead atoms. The molecular formula is C12H14N2O2. The number of H-pyrrole nitrogens is 1. The van der Waals surface area contributed by atoms with Crippen molar-refractivity contribution in [1.29, 1.82) is 0 Å². The van der Waals surface area contributed by atoms with E-state index in [9.17, 15) is 4.79 Å². The lowest BCUT2D eigenvalue weighted by atomic mass is 10.1. The van der Waals surface area contributed by atoms with E-state index < -0.39 is 0 Å². The van der Waals surface area contributed by atoms with E-state index in [4.69, 9.17) is 4.74 Å². The van der Waals surface area contributed by atoms with Crippen LogP contribution in [-0.2, 0) is 6.54 Å². The molecule has 0 saturated heterocycles. The number of aromatic amines is 1. The van der Waals surface area contributed by atoms with Crippen LogP contribution in [0.25, 0.3) is 11.3 Å². The summed E-state index contributed by atoms with van der Waals surface area (Å²) in [4.78, 5) is 11.3. The Kier molecular flexibility index (Phi) is 2.81. The highest BCUT2D eigenvalue weighted by Gasteiger charge is 2.05. The average Bonchev–Trinajstić information content (AvgIpc) is 2.70. The number of benzene rings is 1. The fourth-order valence-electron chi connectivity index (χ4n) is 1.68. The average molecular weight is 218 g/mol. The lowest BCUT2D eigenvalue weighted by molar-refractivity contribution is 0.415. The van der Waals surface area contributed by atoms with Crippen molar-refractivity contribution < 1.29 is 4.74 Å². The first-order valence-corrected chi connectivity index (χ1v) is 5.19. The lowest BCUT2D eigenvalue weighted by Gasteiger charge is -2.06. The second-order valence-electron chi connectivity index (χ2n) is 3.48. The highest BCUT2D eigenvalue weighted by atomic mass is 16.5. The second-order valence-corrected chi connectivity index (χ2v) is 3.48. The summed E-state index contributed by atoms with van der Waals surface area (Å²) in [6, 6.07) is 9.24. The summed E-state index contributed by atoms with van der Waals surface area (Å²) in [7, 11) is 1.63. The van der Waals surface area contributed by atoms with Crippen molar-refractivity contribution in [3.05, 3.63) is 40.7 Å². The van der Waals surface area contributed by atoms with Gasteiger partial charge >= 0.3 is 0 Å². The molecule has 2 aromatic rings. The summed E-state index contributed by atoms with van der Waals surface area (Å²) in [5, 5.41) is 2.75. The van der Waals surface area contributed by atoms with E-state index in [1.165, 1.54) is 0 Å². The van der Waals surface area contributed by atoms with Gasteiger partial charge < -0.3 is 4.74 Å². The molecule has 4 heteroatoms. The zero-order valence-corrected chi connectivity index (χ0v) is 9.36. The van der Waals surface area contributed by atoms with Gasteiger partial charge in [0.25, 0.3) is 5.56 Å². The van der Waals surface area contributed by atoms with E-state index in [-0.39, 0.29) is 5.56 Å². The molecule has 0 aliphatic heterocycles. The minimum atomic E-state index is -0.0762. The van der Waals surface area contributed by atoms with Crippen LogP contribution in [0.5, 0.6) is 5.75 Å². The first kappa shape index (κ1) is 10.5. The van der Waals surface area contributed by atoms with Crippen LogP contribution in [0.3, 0.4) is 0 Å². The van der Waals surface area contributed by atoms with Crippen LogP contribution < -0.4 is 10.3 Å². The zero-order chi connectivity index (χ0) is 11.5. The first-order chi connectivity index (χ1) is 7.74. The third-order valence-corrected chi connectivity index (χ3v) is 2.51. The van der Waals surface area contributed by atoms with Crippen LogP contribution in [0.4, 0.5) is 0 Å². The molecule has 0 amide bonds. The second kappa shape index (κ2) is 4.26. The Morgan fingerprint density at radius 3 is 2.56 bits per heavy atom. The molecule has 16 heavy (non-hydrogen) atoms. The standard InChI is InChI=1S/C12H14N2O2/c1-3-14-11(8-12(15)13-14)9-4-6-10(16-2)7-5-9/h4-8H,3H2,1-2H3,(H,13,15). The maximum atomic E-state index is 11.3. The van der Waals surface area contributed by atoms with E-state index in [0.29, 0.717) is 0 Å². The van der Waals surface area contributed by atoms with Gasteiger partial charge in [-0.1, -0.05) is 0 Å². The third kappa shape index (κ3) is 1.86. The predicted octanol–water partition coefficient (Wildman–Crippen LogP) is 1.87. The summed E-state index contributed by atoms with van der Waals surface area (Å²) >= 11 is 0. The third-order valence-electron chi connectivity index (χ3n) is 2.51. The van der Waals surface area contributed by atoms with Gasteiger partial charge in [0.05, 0.1) is 12.8 Å². The number of hydrogen-bond donors (Lipinski definition) is 1. The van der Waals surface area contributed by atoms with Crippen molar-refractivity contribution in [2.24, 2.45) is 0 Å². The smallest absolute Gasteiger partial charge is 0.264 e. The Morgan fingerprint density at radius 1 is 1.31 bits per heavy atom. The van der Waals surface area contributed by atoms with Gasteiger partial charge in [0.15, 0.2) is 0 Å². The minimum Gasteiger partial charge on any atom is -0.497 e. The molecule has 0 saturated carbocycles. The molecule has 2 rings (SSSR count). The lowest BCUT2D eigenvalue weighted by Crippen LogP contribution is -2.04. The summed E-state index contributed by atoms with van der Waals surface area (Å²) in [5.74, 6) is 0.810. The van der Waals surface area contributed by atoms with Crippen LogP contribution >= 0.6 is 0 Å². The van der Waals surface area contributed by atoms with Gasteiger partial charge in [-0.05, 0) is 31.2 Å². The highest BCUT2D eigenvalue weighted by Crippen LogP contribution is 2.20.